The number of fused-ring (bicyclic) bond motifs is 1. The highest BCUT2D eigenvalue weighted by atomic mass is 19.1. The van der Waals surface area contributed by atoms with E-state index >= 15 is 0 Å². The number of amides is 1. The third-order valence-electron chi connectivity index (χ3n) is 5.03. The van der Waals surface area contributed by atoms with Gasteiger partial charge in [0.15, 0.2) is 0 Å². The van der Waals surface area contributed by atoms with Gasteiger partial charge in [-0.2, -0.15) is 5.10 Å². The van der Waals surface area contributed by atoms with E-state index in [1.54, 1.807) is 67.8 Å². The molecule has 0 radical (unpaired) electrons. The van der Waals surface area contributed by atoms with Crippen molar-refractivity contribution in [3.05, 3.63) is 83.8 Å². The van der Waals surface area contributed by atoms with Crippen LogP contribution in [0.25, 0.3) is 27.9 Å². The van der Waals surface area contributed by atoms with Gasteiger partial charge in [-0.15, -0.1) is 0 Å². The average molecular weight is 461 g/mol. The second-order valence-electron chi connectivity index (χ2n) is 8.81. The molecule has 4 aromatic rings. The summed E-state index contributed by atoms with van der Waals surface area (Å²) in [5.74, 6) is -1.40. The number of aromatic carboxylic acids is 1. The quantitative estimate of drug-likeness (QED) is 0.408. The molecule has 1 amide bonds. The lowest BCUT2D eigenvalue weighted by atomic mass is 9.98. The van der Waals surface area contributed by atoms with Crippen LogP contribution in [0, 0.1) is 5.82 Å². The summed E-state index contributed by atoms with van der Waals surface area (Å²) < 4.78 is 20.5. The zero-order chi connectivity index (χ0) is 24.5. The lowest BCUT2D eigenvalue weighted by Gasteiger charge is -2.19. The summed E-state index contributed by atoms with van der Waals surface area (Å²) in [6.07, 6.45) is -0.556. The molecule has 0 saturated heterocycles. The SMILES string of the molecule is CC(C)(C)OC(=O)NCc1cc2cc(-c3ccccc3C(=O)O)cc(-c3ccc(F)cc3)n2n1. The summed E-state index contributed by atoms with van der Waals surface area (Å²) in [5.41, 5.74) is 3.41. The van der Waals surface area contributed by atoms with Crippen molar-refractivity contribution in [3.8, 4) is 22.4 Å². The molecule has 0 spiro atoms. The van der Waals surface area contributed by atoms with Crippen molar-refractivity contribution >= 4 is 17.6 Å². The molecule has 0 aliphatic carbocycles. The lowest BCUT2D eigenvalue weighted by molar-refractivity contribution is 0.0522. The van der Waals surface area contributed by atoms with Crippen LogP contribution in [-0.2, 0) is 11.3 Å². The number of ether oxygens (including phenoxy) is 1. The number of aromatic nitrogens is 2. The second-order valence-corrected chi connectivity index (χ2v) is 8.81. The molecule has 0 atom stereocenters. The molecular formula is C26H24FN3O4. The Hall–Kier alpha value is -4.20. The molecule has 2 aromatic heterocycles. The topological polar surface area (TPSA) is 92.9 Å². The van der Waals surface area contributed by atoms with Crippen molar-refractivity contribution in [2.24, 2.45) is 0 Å². The molecule has 0 saturated carbocycles. The van der Waals surface area contributed by atoms with Gasteiger partial charge in [0.1, 0.15) is 11.4 Å². The minimum atomic E-state index is -1.03. The highest BCUT2D eigenvalue weighted by Gasteiger charge is 2.18. The van der Waals surface area contributed by atoms with Crippen LogP contribution in [0.3, 0.4) is 0 Å². The Morgan fingerprint density at radius 3 is 2.41 bits per heavy atom. The van der Waals surface area contributed by atoms with E-state index in [9.17, 15) is 19.1 Å². The van der Waals surface area contributed by atoms with Gasteiger partial charge in [-0.05, 0) is 80.4 Å². The van der Waals surface area contributed by atoms with Crippen LogP contribution >= 0.6 is 0 Å². The number of halogens is 1. The maximum absolute atomic E-state index is 13.6. The molecule has 2 aromatic carbocycles. The van der Waals surface area contributed by atoms with Gasteiger partial charge in [0, 0.05) is 5.56 Å². The van der Waals surface area contributed by atoms with Gasteiger partial charge in [-0.25, -0.2) is 18.5 Å². The zero-order valence-electron chi connectivity index (χ0n) is 19.0. The van der Waals surface area contributed by atoms with E-state index in [2.05, 4.69) is 10.4 Å². The number of pyridine rings is 1. The predicted molar refractivity (Wildman–Crippen MR) is 126 cm³/mol. The largest absolute Gasteiger partial charge is 0.478 e. The lowest BCUT2D eigenvalue weighted by Crippen LogP contribution is -2.32. The first-order valence-corrected chi connectivity index (χ1v) is 10.7. The molecule has 8 heteroatoms. The fraction of sp³-hybridized carbons (Fsp3) is 0.192. The van der Waals surface area contributed by atoms with Crippen LogP contribution in [0.2, 0.25) is 0 Å². The van der Waals surface area contributed by atoms with E-state index < -0.39 is 17.7 Å². The van der Waals surface area contributed by atoms with Crippen molar-refractivity contribution in [2.45, 2.75) is 32.9 Å². The number of carbonyl (C=O) groups is 2. The average Bonchev–Trinajstić information content (AvgIpc) is 3.19. The number of hydrogen-bond acceptors (Lipinski definition) is 4. The highest BCUT2D eigenvalue weighted by molar-refractivity contribution is 5.96. The van der Waals surface area contributed by atoms with Crippen molar-refractivity contribution in [1.82, 2.24) is 14.9 Å². The van der Waals surface area contributed by atoms with Crippen LogP contribution in [0.15, 0.2) is 66.7 Å². The summed E-state index contributed by atoms with van der Waals surface area (Å²) in [6, 6.07) is 18.2. The number of carbonyl (C=O) groups excluding carboxylic acids is 1. The molecule has 174 valence electrons. The monoisotopic (exact) mass is 461 g/mol. The number of alkyl carbamates (subject to hydrolysis) is 1. The van der Waals surface area contributed by atoms with Crippen LogP contribution in [-0.4, -0.2) is 32.4 Å². The van der Waals surface area contributed by atoms with E-state index in [-0.39, 0.29) is 17.9 Å². The third kappa shape index (κ3) is 5.06. The van der Waals surface area contributed by atoms with Gasteiger partial charge in [0.2, 0.25) is 0 Å². The van der Waals surface area contributed by atoms with Crippen molar-refractivity contribution < 1.29 is 23.8 Å². The molecule has 4 rings (SSSR count). The van der Waals surface area contributed by atoms with Gasteiger partial charge in [-0.3, -0.25) is 0 Å². The Bertz CT molecular complexity index is 1370. The van der Waals surface area contributed by atoms with Gasteiger partial charge in [0.25, 0.3) is 0 Å². The van der Waals surface area contributed by atoms with E-state index in [0.29, 0.717) is 33.6 Å². The molecule has 2 heterocycles. The molecule has 0 bridgehead atoms. The number of carboxylic acid groups (broad SMARTS) is 1. The molecule has 0 aliphatic heterocycles. The second kappa shape index (κ2) is 8.97. The van der Waals surface area contributed by atoms with Gasteiger partial charge in [0.05, 0.1) is 29.0 Å². The minimum Gasteiger partial charge on any atom is -0.478 e. The number of benzene rings is 2. The summed E-state index contributed by atoms with van der Waals surface area (Å²) in [6.45, 7) is 5.48. The maximum Gasteiger partial charge on any atom is 0.407 e. The fourth-order valence-electron chi connectivity index (χ4n) is 3.62. The predicted octanol–water partition coefficient (Wildman–Crippen LogP) is 5.53. The van der Waals surface area contributed by atoms with Crippen LogP contribution in [0.5, 0.6) is 0 Å². The smallest absolute Gasteiger partial charge is 0.407 e. The van der Waals surface area contributed by atoms with Gasteiger partial charge in [-0.1, -0.05) is 18.2 Å². The molecule has 2 N–H and O–H groups in total. The third-order valence-corrected chi connectivity index (χ3v) is 5.03. The van der Waals surface area contributed by atoms with E-state index in [4.69, 9.17) is 4.74 Å². The Balaban J connectivity index is 1.79. The van der Waals surface area contributed by atoms with E-state index in [1.807, 2.05) is 12.1 Å². The number of rotatable bonds is 5. The Morgan fingerprint density at radius 1 is 1.03 bits per heavy atom. The summed E-state index contributed by atoms with van der Waals surface area (Å²) >= 11 is 0. The molecule has 7 nitrogen and oxygen atoms in total. The van der Waals surface area contributed by atoms with Crippen molar-refractivity contribution in [1.29, 1.82) is 0 Å². The highest BCUT2D eigenvalue weighted by Crippen LogP contribution is 2.31. The summed E-state index contributed by atoms with van der Waals surface area (Å²) in [7, 11) is 0. The number of nitrogens with zero attached hydrogens (tertiary/aromatic N) is 2. The summed E-state index contributed by atoms with van der Waals surface area (Å²) in [4.78, 5) is 23.8. The van der Waals surface area contributed by atoms with E-state index in [1.165, 1.54) is 12.1 Å². The maximum atomic E-state index is 13.6. The van der Waals surface area contributed by atoms with Crippen molar-refractivity contribution in [3.63, 3.8) is 0 Å². The first-order valence-electron chi connectivity index (χ1n) is 10.7. The van der Waals surface area contributed by atoms with Crippen molar-refractivity contribution in [2.75, 3.05) is 0 Å². The minimum absolute atomic E-state index is 0.139. The normalized spacial score (nSPS) is 11.4. The Kier molecular flexibility index (Phi) is 6.06. The van der Waals surface area contributed by atoms with Crippen LogP contribution in [0.1, 0.15) is 36.8 Å². The standard InChI is InChI=1S/C26H24FN3O4/c1-26(2,3)34-25(33)28-15-19-14-20-12-17(21-6-4-5-7-22(21)24(31)32)13-23(30(20)29-19)16-8-10-18(27)11-9-16/h4-14H,15H2,1-3H3,(H,28,33)(H,31,32). The molecule has 0 unspecified atom stereocenters. The first-order chi connectivity index (χ1) is 16.1. The van der Waals surface area contributed by atoms with Crippen LogP contribution in [0.4, 0.5) is 9.18 Å². The summed E-state index contributed by atoms with van der Waals surface area (Å²) in [5, 5.41) is 17.0. The number of nitrogens with one attached hydrogen (secondary N) is 1. The van der Waals surface area contributed by atoms with Crippen LogP contribution < -0.4 is 5.32 Å². The van der Waals surface area contributed by atoms with Gasteiger partial charge >= 0.3 is 12.1 Å². The molecule has 0 fully saturated rings. The Morgan fingerprint density at radius 2 is 1.74 bits per heavy atom. The number of hydrogen-bond donors (Lipinski definition) is 2. The number of carboxylic acids is 1. The van der Waals surface area contributed by atoms with E-state index in [0.717, 1.165) is 0 Å². The Labute approximate surface area is 195 Å². The first kappa shape index (κ1) is 23.0. The molecular weight excluding hydrogens is 437 g/mol. The zero-order valence-corrected chi connectivity index (χ0v) is 19.0. The molecule has 0 aliphatic rings. The van der Waals surface area contributed by atoms with Gasteiger partial charge < -0.3 is 15.2 Å². The molecule has 34 heavy (non-hydrogen) atoms. The fourth-order valence-corrected chi connectivity index (χ4v) is 3.62.